The number of thioether (sulfide) groups is 1. The number of rotatable bonds is 6. The van der Waals surface area contributed by atoms with Gasteiger partial charge in [-0.15, -0.1) is 0 Å². The molecule has 5 nitrogen and oxygen atoms in total. The molecule has 2 aromatic carbocycles. The van der Waals surface area contributed by atoms with Crippen molar-refractivity contribution in [2.45, 2.75) is 5.92 Å². The van der Waals surface area contributed by atoms with Crippen LogP contribution in [0, 0.1) is 0 Å². The Morgan fingerprint density at radius 3 is 2.75 bits per heavy atom. The Balaban J connectivity index is 1.58. The maximum absolute atomic E-state index is 12.4. The number of fused-ring (bicyclic) bond motifs is 1. The fourth-order valence-electron chi connectivity index (χ4n) is 3.54. The summed E-state index contributed by atoms with van der Waals surface area (Å²) in [4.78, 5) is 29.1. The third-order valence-corrected chi connectivity index (χ3v) is 6.20. The highest BCUT2D eigenvalue weighted by atomic mass is 35.5. The number of nitrogens with zero attached hydrogens (tertiary/aromatic N) is 1. The van der Waals surface area contributed by atoms with Crippen LogP contribution >= 0.6 is 23.4 Å². The molecule has 7 heteroatoms. The molecule has 3 aromatic rings. The number of halogens is 1. The molecule has 1 fully saturated rings. The van der Waals surface area contributed by atoms with Crippen LogP contribution in [0.2, 0.25) is 5.02 Å². The topological polar surface area (TPSA) is 65.2 Å². The van der Waals surface area contributed by atoms with Gasteiger partial charge in [-0.05, 0) is 23.3 Å². The molecule has 0 aliphatic carbocycles. The zero-order valence-corrected chi connectivity index (χ0v) is 16.7. The van der Waals surface area contributed by atoms with Gasteiger partial charge < -0.3 is 15.2 Å². The van der Waals surface area contributed by atoms with E-state index in [1.54, 1.807) is 4.90 Å². The first-order valence-electron chi connectivity index (χ1n) is 9.12. The zero-order chi connectivity index (χ0) is 19.5. The van der Waals surface area contributed by atoms with Crippen molar-refractivity contribution in [2.75, 3.05) is 25.4 Å². The van der Waals surface area contributed by atoms with E-state index in [2.05, 4.69) is 16.4 Å². The van der Waals surface area contributed by atoms with Gasteiger partial charge >= 0.3 is 0 Å². The number of aromatic amines is 1. The van der Waals surface area contributed by atoms with Crippen LogP contribution in [-0.4, -0.2) is 46.4 Å². The molecule has 1 saturated heterocycles. The molecule has 1 aromatic heterocycles. The van der Waals surface area contributed by atoms with Crippen molar-refractivity contribution in [3.63, 3.8) is 0 Å². The van der Waals surface area contributed by atoms with Gasteiger partial charge in [0.1, 0.15) is 6.54 Å². The Morgan fingerprint density at radius 1 is 1.18 bits per heavy atom. The number of H-pyrrole nitrogens is 1. The van der Waals surface area contributed by atoms with Gasteiger partial charge in [0.25, 0.3) is 5.24 Å². The van der Waals surface area contributed by atoms with E-state index < -0.39 is 0 Å². The van der Waals surface area contributed by atoms with Gasteiger partial charge in [0.2, 0.25) is 5.91 Å². The van der Waals surface area contributed by atoms with Crippen LogP contribution < -0.4 is 5.32 Å². The van der Waals surface area contributed by atoms with Gasteiger partial charge in [-0.2, -0.15) is 0 Å². The van der Waals surface area contributed by atoms with E-state index >= 15 is 0 Å². The van der Waals surface area contributed by atoms with Crippen LogP contribution in [0.3, 0.4) is 0 Å². The Morgan fingerprint density at radius 2 is 1.96 bits per heavy atom. The van der Waals surface area contributed by atoms with E-state index in [0.29, 0.717) is 18.1 Å². The van der Waals surface area contributed by atoms with Crippen molar-refractivity contribution >= 4 is 45.4 Å². The minimum atomic E-state index is -0.159. The minimum absolute atomic E-state index is 0.0329. The van der Waals surface area contributed by atoms with Gasteiger partial charge in [-0.1, -0.05) is 59.8 Å². The van der Waals surface area contributed by atoms with Crippen molar-refractivity contribution < 1.29 is 9.59 Å². The number of para-hydroxylation sites is 1. The number of hydrogen-bond acceptors (Lipinski definition) is 3. The van der Waals surface area contributed by atoms with Crippen molar-refractivity contribution in [2.24, 2.45) is 0 Å². The van der Waals surface area contributed by atoms with Crippen LogP contribution in [0.4, 0.5) is 4.79 Å². The monoisotopic (exact) mass is 413 g/mol. The lowest BCUT2D eigenvalue weighted by Crippen LogP contribution is -2.39. The zero-order valence-electron chi connectivity index (χ0n) is 15.2. The predicted molar refractivity (Wildman–Crippen MR) is 114 cm³/mol. The van der Waals surface area contributed by atoms with Gasteiger partial charge in [0.15, 0.2) is 0 Å². The highest BCUT2D eigenvalue weighted by Gasteiger charge is 2.25. The largest absolute Gasteiger partial charge is 0.361 e. The summed E-state index contributed by atoms with van der Waals surface area (Å²) in [6, 6.07) is 15.8. The molecular weight excluding hydrogens is 394 g/mol. The second-order valence-electron chi connectivity index (χ2n) is 6.70. The summed E-state index contributed by atoms with van der Waals surface area (Å²) in [7, 11) is 0. The lowest BCUT2D eigenvalue weighted by molar-refractivity contribution is -0.121. The van der Waals surface area contributed by atoms with E-state index in [1.807, 2.05) is 48.7 Å². The highest BCUT2D eigenvalue weighted by Crippen LogP contribution is 2.34. The van der Waals surface area contributed by atoms with Crippen molar-refractivity contribution in [1.82, 2.24) is 15.2 Å². The van der Waals surface area contributed by atoms with Crippen LogP contribution in [-0.2, 0) is 4.79 Å². The molecule has 144 valence electrons. The van der Waals surface area contributed by atoms with Crippen molar-refractivity contribution in [1.29, 1.82) is 0 Å². The fraction of sp³-hybridized carbons (Fsp3) is 0.238. The summed E-state index contributed by atoms with van der Waals surface area (Å²) in [5.74, 6) is 0.481. The quantitative estimate of drug-likeness (QED) is 0.635. The summed E-state index contributed by atoms with van der Waals surface area (Å²) >= 11 is 7.74. The van der Waals surface area contributed by atoms with Crippen LogP contribution in [0.15, 0.2) is 54.7 Å². The van der Waals surface area contributed by atoms with Crippen molar-refractivity contribution in [3.8, 4) is 0 Å². The van der Waals surface area contributed by atoms with Gasteiger partial charge in [0.05, 0.1) is 0 Å². The number of carbonyl (C=O) groups is 2. The average Bonchev–Trinajstić information content (AvgIpc) is 3.30. The molecular formula is C21H20ClN3O2S. The lowest BCUT2D eigenvalue weighted by Gasteiger charge is -2.20. The molecule has 2 heterocycles. The molecule has 28 heavy (non-hydrogen) atoms. The summed E-state index contributed by atoms with van der Waals surface area (Å²) in [5, 5.41) is 4.73. The molecule has 0 radical (unpaired) electrons. The first-order valence-corrected chi connectivity index (χ1v) is 10.5. The molecule has 1 unspecified atom stereocenters. The summed E-state index contributed by atoms with van der Waals surface area (Å²) < 4.78 is 0. The van der Waals surface area contributed by atoms with Gasteiger partial charge in [0, 0.05) is 46.9 Å². The number of benzene rings is 2. The third-order valence-electron chi connectivity index (χ3n) is 4.96. The second kappa shape index (κ2) is 8.29. The molecule has 1 atom stereocenters. The van der Waals surface area contributed by atoms with Crippen molar-refractivity contribution in [3.05, 3.63) is 70.9 Å². The first kappa shape index (κ1) is 18.9. The lowest BCUT2D eigenvalue weighted by atomic mass is 9.90. The van der Waals surface area contributed by atoms with E-state index in [9.17, 15) is 9.59 Å². The summed E-state index contributed by atoms with van der Waals surface area (Å²) in [6.07, 6.45) is 1.98. The molecule has 0 saturated carbocycles. The number of hydrogen-bond donors (Lipinski definition) is 2. The van der Waals surface area contributed by atoms with Gasteiger partial charge in [-0.3, -0.25) is 9.59 Å². The third kappa shape index (κ3) is 3.88. The number of carbonyl (C=O) groups excluding carboxylic acids is 2. The molecule has 2 amide bonds. The second-order valence-corrected chi connectivity index (χ2v) is 8.16. The van der Waals surface area contributed by atoms with E-state index in [4.69, 9.17) is 11.6 Å². The van der Waals surface area contributed by atoms with E-state index in [-0.39, 0.29) is 23.6 Å². The van der Waals surface area contributed by atoms with E-state index in [0.717, 1.165) is 27.8 Å². The van der Waals surface area contributed by atoms with Gasteiger partial charge in [-0.25, -0.2) is 0 Å². The normalized spacial score (nSPS) is 15.2. The maximum Gasteiger partial charge on any atom is 0.282 e. The van der Waals surface area contributed by atoms with Crippen LogP contribution in [0.5, 0.6) is 0 Å². The summed E-state index contributed by atoms with van der Waals surface area (Å²) in [5.41, 5.74) is 3.08. The first-order chi connectivity index (χ1) is 13.6. The molecule has 0 spiro atoms. The SMILES string of the molecule is O=C(CN1CCSC1=O)NCC(c1ccccc1Cl)c1c[nH]c2ccccc12. The number of nitrogens with one attached hydrogen (secondary N) is 2. The molecule has 1 aliphatic heterocycles. The number of amides is 2. The van der Waals surface area contributed by atoms with Crippen LogP contribution in [0.1, 0.15) is 17.0 Å². The molecule has 0 bridgehead atoms. The van der Waals surface area contributed by atoms with Crippen LogP contribution in [0.25, 0.3) is 10.9 Å². The van der Waals surface area contributed by atoms with E-state index in [1.165, 1.54) is 11.8 Å². The Bertz CT molecular complexity index is 1020. The Labute approximate surface area is 172 Å². The highest BCUT2D eigenvalue weighted by molar-refractivity contribution is 8.13. The Kier molecular flexibility index (Phi) is 5.59. The molecule has 4 rings (SSSR count). The molecule has 1 aliphatic rings. The predicted octanol–water partition coefficient (Wildman–Crippen LogP) is 4.24. The minimum Gasteiger partial charge on any atom is -0.361 e. The molecule has 2 N–H and O–H groups in total. The summed E-state index contributed by atoms with van der Waals surface area (Å²) in [6.45, 7) is 1.11. The standard InChI is InChI=1S/C21H20ClN3O2S/c22-18-7-3-1-5-14(18)16(17-11-23-19-8-4-2-6-15(17)19)12-24-20(26)13-25-9-10-28-21(25)27/h1-8,11,16,23H,9-10,12-13H2,(H,24,26). The smallest absolute Gasteiger partial charge is 0.282 e. The maximum atomic E-state index is 12.4. The average molecular weight is 414 g/mol. The number of aromatic nitrogens is 1. The fourth-order valence-corrected chi connectivity index (χ4v) is 4.63. The Hall–Kier alpha value is -2.44.